The summed E-state index contributed by atoms with van der Waals surface area (Å²) >= 11 is 0. The molecule has 0 bridgehead atoms. The third-order valence-corrected chi connectivity index (χ3v) is 3.34. The van der Waals surface area contributed by atoms with E-state index in [4.69, 9.17) is 0 Å². The molecule has 0 amide bonds. The zero-order valence-corrected chi connectivity index (χ0v) is 12.0. The molecule has 0 aromatic carbocycles. The molecule has 7 heteroatoms. The first-order valence-electron chi connectivity index (χ1n) is 7.18. The maximum absolute atomic E-state index is 11.4. The van der Waals surface area contributed by atoms with Gasteiger partial charge in [-0.2, -0.15) is 0 Å². The van der Waals surface area contributed by atoms with Crippen LogP contribution in [0.4, 0.5) is 17.3 Å². The maximum Gasteiger partial charge on any atom is 0.353 e. The van der Waals surface area contributed by atoms with Crippen molar-refractivity contribution in [3.05, 3.63) is 16.4 Å². The molecule has 7 nitrogen and oxygen atoms in total. The molecule has 1 aromatic heterocycles. The van der Waals surface area contributed by atoms with Crippen LogP contribution in [0, 0.1) is 10.1 Å². The van der Waals surface area contributed by atoms with Crippen LogP contribution in [0.5, 0.6) is 0 Å². The van der Waals surface area contributed by atoms with Gasteiger partial charge in [-0.05, 0) is 26.2 Å². The molecule has 1 aliphatic rings. The molecule has 0 atom stereocenters. The van der Waals surface area contributed by atoms with Crippen molar-refractivity contribution in [2.24, 2.45) is 0 Å². The number of nitrogens with zero attached hydrogens (tertiary/aromatic N) is 4. The fourth-order valence-corrected chi connectivity index (χ4v) is 2.22. The van der Waals surface area contributed by atoms with Gasteiger partial charge in [0, 0.05) is 19.1 Å². The number of nitrogens with one attached hydrogen (secondary N) is 1. The van der Waals surface area contributed by atoms with E-state index in [9.17, 15) is 10.1 Å². The standard InChI is InChI=1S/C13H21N5O2/c1-3-5-8-17(10-6-7-10)13-11(18(19)20)12(14-4-2)15-9-16-13/h9-10H,3-8H2,1-2H3,(H,14,15,16). The molecular weight excluding hydrogens is 258 g/mol. The molecule has 1 heterocycles. The first kappa shape index (κ1) is 14.5. The van der Waals surface area contributed by atoms with Crippen molar-refractivity contribution in [3.8, 4) is 0 Å². The summed E-state index contributed by atoms with van der Waals surface area (Å²) in [7, 11) is 0. The highest BCUT2D eigenvalue weighted by atomic mass is 16.6. The summed E-state index contributed by atoms with van der Waals surface area (Å²) in [5.74, 6) is 0.765. The van der Waals surface area contributed by atoms with E-state index in [1.807, 2.05) is 6.92 Å². The molecule has 1 saturated carbocycles. The highest BCUT2D eigenvalue weighted by Gasteiger charge is 2.35. The van der Waals surface area contributed by atoms with Crippen molar-refractivity contribution in [2.45, 2.75) is 45.6 Å². The Morgan fingerprint density at radius 2 is 2.20 bits per heavy atom. The Labute approximate surface area is 118 Å². The minimum absolute atomic E-state index is 0.00245. The largest absolute Gasteiger partial charge is 0.364 e. The summed E-state index contributed by atoms with van der Waals surface area (Å²) in [6, 6.07) is 0.393. The number of unbranched alkanes of at least 4 members (excludes halogenated alkanes) is 1. The number of aromatic nitrogens is 2. The zero-order valence-electron chi connectivity index (χ0n) is 12.0. The average molecular weight is 279 g/mol. The number of rotatable bonds is 8. The third kappa shape index (κ3) is 3.15. The van der Waals surface area contributed by atoms with E-state index in [1.165, 1.54) is 6.33 Å². The Kier molecular flexibility index (Phi) is 4.70. The van der Waals surface area contributed by atoms with Crippen LogP contribution in [-0.4, -0.2) is 34.0 Å². The Bertz CT molecular complexity index is 476. The van der Waals surface area contributed by atoms with Gasteiger partial charge in [0.1, 0.15) is 6.33 Å². The van der Waals surface area contributed by atoms with Crippen molar-refractivity contribution in [1.29, 1.82) is 0 Å². The second kappa shape index (κ2) is 6.49. The van der Waals surface area contributed by atoms with Crippen LogP contribution in [0.25, 0.3) is 0 Å². The van der Waals surface area contributed by atoms with E-state index >= 15 is 0 Å². The number of hydrogen-bond donors (Lipinski definition) is 1. The van der Waals surface area contributed by atoms with Gasteiger partial charge in [0.15, 0.2) is 0 Å². The highest BCUT2D eigenvalue weighted by molar-refractivity contribution is 5.70. The van der Waals surface area contributed by atoms with Crippen LogP contribution < -0.4 is 10.2 Å². The second-order valence-corrected chi connectivity index (χ2v) is 4.96. The fraction of sp³-hybridized carbons (Fsp3) is 0.692. The summed E-state index contributed by atoms with van der Waals surface area (Å²) < 4.78 is 0. The summed E-state index contributed by atoms with van der Waals surface area (Å²) in [5.41, 5.74) is -0.00245. The van der Waals surface area contributed by atoms with E-state index in [0.29, 0.717) is 24.2 Å². The van der Waals surface area contributed by atoms with Crippen LogP contribution in [0.1, 0.15) is 39.5 Å². The predicted molar refractivity (Wildman–Crippen MR) is 78.1 cm³/mol. The fourth-order valence-electron chi connectivity index (χ4n) is 2.22. The van der Waals surface area contributed by atoms with Gasteiger partial charge in [0.25, 0.3) is 0 Å². The van der Waals surface area contributed by atoms with Gasteiger partial charge in [-0.25, -0.2) is 9.97 Å². The Hall–Kier alpha value is -1.92. The molecule has 1 N–H and O–H groups in total. The quantitative estimate of drug-likeness (QED) is 0.581. The third-order valence-electron chi connectivity index (χ3n) is 3.34. The molecule has 0 spiro atoms. The van der Waals surface area contributed by atoms with Gasteiger partial charge in [0.05, 0.1) is 4.92 Å². The average Bonchev–Trinajstić information content (AvgIpc) is 3.24. The lowest BCUT2D eigenvalue weighted by molar-refractivity contribution is -0.383. The molecule has 20 heavy (non-hydrogen) atoms. The maximum atomic E-state index is 11.4. The smallest absolute Gasteiger partial charge is 0.353 e. The Balaban J connectivity index is 2.36. The van der Waals surface area contributed by atoms with Crippen molar-refractivity contribution in [3.63, 3.8) is 0 Å². The minimum Gasteiger partial charge on any atom is -0.364 e. The molecule has 0 unspecified atom stereocenters. The normalized spacial score (nSPS) is 14.1. The lowest BCUT2D eigenvalue weighted by Crippen LogP contribution is -2.29. The second-order valence-electron chi connectivity index (χ2n) is 4.96. The summed E-state index contributed by atoms with van der Waals surface area (Å²) in [6.07, 6.45) is 5.64. The van der Waals surface area contributed by atoms with E-state index < -0.39 is 0 Å². The number of hydrogen-bond acceptors (Lipinski definition) is 6. The molecule has 1 aromatic rings. The van der Waals surface area contributed by atoms with Crippen molar-refractivity contribution < 1.29 is 4.92 Å². The van der Waals surface area contributed by atoms with Crippen LogP contribution in [-0.2, 0) is 0 Å². The lowest BCUT2D eigenvalue weighted by atomic mass is 10.3. The van der Waals surface area contributed by atoms with Crippen molar-refractivity contribution >= 4 is 17.3 Å². The van der Waals surface area contributed by atoms with Gasteiger partial charge in [-0.15, -0.1) is 0 Å². The molecule has 0 aliphatic heterocycles. The van der Waals surface area contributed by atoms with Crippen LogP contribution in [0.2, 0.25) is 0 Å². The molecule has 110 valence electrons. The predicted octanol–water partition coefficient (Wildman–Crippen LogP) is 2.59. The van der Waals surface area contributed by atoms with Crippen molar-refractivity contribution in [2.75, 3.05) is 23.3 Å². The molecule has 0 radical (unpaired) electrons. The molecule has 1 aliphatic carbocycles. The number of anilines is 2. The molecular formula is C13H21N5O2. The number of nitro groups is 1. The molecule has 1 fully saturated rings. The first-order valence-corrected chi connectivity index (χ1v) is 7.18. The topological polar surface area (TPSA) is 84.2 Å². The van der Waals surface area contributed by atoms with Crippen LogP contribution >= 0.6 is 0 Å². The monoisotopic (exact) mass is 279 g/mol. The lowest BCUT2D eigenvalue weighted by Gasteiger charge is -2.23. The van der Waals surface area contributed by atoms with E-state index in [-0.39, 0.29) is 10.6 Å². The Morgan fingerprint density at radius 3 is 2.75 bits per heavy atom. The van der Waals surface area contributed by atoms with Gasteiger partial charge in [0.2, 0.25) is 11.6 Å². The van der Waals surface area contributed by atoms with Gasteiger partial charge in [-0.3, -0.25) is 10.1 Å². The minimum atomic E-state index is -0.380. The highest BCUT2D eigenvalue weighted by Crippen LogP contribution is 2.38. The van der Waals surface area contributed by atoms with Crippen LogP contribution in [0.3, 0.4) is 0 Å². The van der Waals surface area contributed by atoms with Crippen molar-refractivity contribution in [1.82, 2.24) is 9.97 Å². The molecule has 2 rings (SSSR count). The Morgan fingerprint density at radius 1 is 1.45 bits per heavy atom. The van der Waals surface area contributed by atoms with E-state index in [0.717, 1.165) is 32.2 Å². The summed E-state index contributed by atoms with van der Waals surface area (Å²) in [5, 5.41) is 14.3. The van der Waals surface area contributed by atoms with E-state index in [2.05, 4.69) is 27.1 Å². The first-order chi connectivity index (χ1) is 9.69. The van der Waals surface area contributed by atoms with Gasteiger partial charge in [-0.1, -0.05) is 13.3 Å². The SMILES string of the molecule is CCCCN(c1ncnc(NCC)c1[N+](=O)[O-])C1CC1. The van der Waals surface area contributed by atoms with Gasteiger partial charge < -0.3 is 10.2 Å². The van der Waals surface area contributed by atoms with Crippen LogP contribution in [0.15, 0.2) is 6.33 Å². The summed E-state index contributed by atoms with van der Waals surface area (Å²) in [4.78, 5) is 21.3. The van der Waals surface area contributed by atoms with E-state index in [1.54, 1.807) is 0 Å². The van der Waals surface area contributed by atoms with Gasteiger partial charge >= 0.3 is 5.69 Å². The zero-order chi connectivity index (χ0) is 14.5. The summed E-state index contributed by atoms with van der Waals surface area (Å²) in [6.45, 7) is 5.41. The molecule has 0 saturated heterocycles.